The number of amides is 1. The molecule has 1 unspecified atom stereocenters. The first-order valence-electron chi connectivity index (χ1n) is 6.06. The van der Waals surface area contributed by atoms with Gasteiger partial charge in [0.25, 0.3) is 0 Å². The van der Waals surface area contributed by atoms with Gasteiger partial charge in [-0.05, 0) is 20.8 Å². The molecular weight excluding hydrogens is 252 g/mol. The Balaban J connectivity index is 2.27. The van der Waals surface area contributed by atoms with Gasteiger partial charge in [-0.2, -0.15) is 0 Å². The number of hydrogen-bond acceptors (Lipinski definition) is 6. The van der Waals surface area contributed by atoms with Crippen LogP contribution in [0.5, 0.6) is 0 Å². The second-order valence-electron chi connectivity index (χ2n) is 5.05. The van der Waals surface area contributed by atoms with Crippen molar-refractivity contribution in [3.05, 3.63) is 0 Å². The number of nitrogens with one attached hydrogen (secondary N) is 1. The third kappa shape index (κ3) is 5.58. The molecule has 0 aliphatic carbocycles. The van der Waals surface area contributed by atoms with E-state index in [4.69, 9.17) is 9.47 Å². The molecule has 1 rings (SSSR count). The van der Waals surface area contributed by atoms with Crippen LogP contribution in [0.3, 0.4) is 0 Å². The number of carbonyl (C=O) groups is 2. The summed E-state index contributed by atoms with van der Waals surface area (Å²) in [5.74, 6) is 0.0153. The predicted molar refractivity (Wildman–Crippen MR) is 68.0 cm³/mol. The molecule has 0 saturated heterocycles. The Labute approximate surface area is 112 Å². The zero-order chi connectivity index (χ0) is 14.5. The summed E-state index contributed by atoms with van der Waals surface area (Å²) in [6.07, 6.45) is -0.0807. The summed E-state index contributed by atoms with van der Waals surface area (Å²) in [6, 6.07) is -0.596. The minimum atomic E-state index is -0.596. The van der Waals surface area contributed by atoms with Crippen LogP contribution < -0.4 is 5.32 Å². The van der Waals surface area contributed by atoms with Crippen LogP contribution in [0.15, 0.2) is 4.99 Å². The average molecular weight is 272 g/mol. The zero-order valence-corrected chi connectivity index (χ0v) is 11.7. The Bertz CT molecular complexity index is 373. The predicted octanol–water partition coefficient (Wildman–Crippen LogP) is 0.871. The molecular formula is C12H20N2O5. The Morgan fingerprint density at radius 2 is 2.16 bits per heavy atom. The maximum atomic E-state index is 11.4. The van der Waals surface area contributed by atoms with Crippen LogP contribution in [0.4, 0.5) is 4.79 Å². The van der Waals surface area contributed by atoms with E-state index in [1.165, 1.54) is 7.11 Å². The molecule has 0 bridgehead atoms. The molecule has 0 aromatic heterocycles. The quantitative estimate of drug-likeness (QED) is 0.767. The maximum Gasteiger partial charge on any atom is 0.407 e. The van der Waals surface area contributed by atoms with Crippen molar-refractivity contribution >= 4 is 18.0 Å². The van der Waals surface area contributed by atoms with Crippen LogP contribution >= 0.6 is 0 Å². The Kier molecular flexibility index (Phi) is 5.14. The molecule has 108 valence electrons. The van der Waals surface area contributed by atoms with Gasteiger partial charge in [-0.15, -0.1) is 0 Å². The topological polar surface area (TPSA) is 86.2 Å². The second kappa shape index (κ2) is 6.40. The van der Waals surface area contributed by atoms with Crippen LogP contribution in [0, 0.1) is 0 Å². The van der Waals surface area contributed by atoms with Gasteiger partial charge in [0.1, 0.15) is 12.2 Å². The smallest absolute Gasteiger partial charge is 0.407 e. The number of rotatable bonds is 4. The van der Waals surface area contributed by atoms with Crippen molar-refractivity contribution in [2.45, 2.75) is 38.8 Å². The van der Waals surface area contributed by atoms with E-state index >= 15 is 0 Å². The number of alkyl carbamates (subject to hydrolysis) is 1. The minimum Gasteiger partial charge on any atom is -0.478 e. The molecule has 7 nitrogen and oxygen atoms in total. The van der Waals surface area contributed by atoms with E-state index in [0.29, 0.717) is 18.9 Å². The second-order valence-corrected chi connectivity index (χ2v) is 5.05. The van der Waals surface area contributed by atoms with Crippen molar-refractivity contribution in [3.8, 4) is 0 Å². The summed E-state index contributed by atoms with van der Waals surface area (Å²) >= 11 is 0. The summed E-state index contributed by atoms with van der Waals surface area (Å²) in [4.78, 5) is 26.6. The van der Waals surface area contributed by atoms with Crippen LogP contribution in [0.2, 0.25) is 0 Å². The van der Waals surface area contributed by atoms with Crippen LogP contribution in [-0.2, 0) is 19.0 Å². The maximum absolute atomic E-state index is 11.4. The fourth-order valence-electron chi connectivity index (χ4n) is 1.40. The molecule has 1 atom stereocenters. The molecule has 1 aliphatic rings. The first-order valence-corrected chi connectivity index (χ1v) is 6.06. The number of nitrogens with zero attached hydrogens (tertiary/aromatic N) is 1. The van der Waals surface area contributed by atoms with Crippen molar-refractivity contribution in [1.82, 2.24) is 5.32 Å². The highest BCUT2D eigenvalue weighted by Crippen LogP contribution is 2.09. The number of hydrogen-bond donors (Lipinski definition) is 1. The molecule has 7 heteroatoms. The normalized spacial score (nSPS) is 18.3. The van der Waals surface area contributed by atoms with Gasteiger partial charge in [0.05, 0.1) is 7.11 Å². The van der Waals surface area contributed by atoms with E-state index in [1.54, 1.807) is 20.8 Å². The van der Waals surface area contributed by atoms with E-state index in [-0.39, 0.29) is 6.61 Å². The molecule has 19 heavy (non-hydrogen) atoms. The monoisotopic (exact) mass is 272 g/mol. The highest BCUT2D eigenvalue weighted by Gasteiger charge is 2.26. The van der Waals surface area contributed by atoms with Gasteiger partial charge in [-0.3, -0.25) is 0 Å². The van der Waals surface area contributed by atoms with Crippen molar-refractivity contribution in [2.24, 2.45) is 4.99 Å². The highest BCUT2D eigenvalue weighted by atomic mass is 16.6. The third-order valence-corrected chi connectivity index (χ3v) is 2.19. The lowest BCUT2D eigenvalue weighted by molar-refractivity contribution is -0.142. The van der Waals surface area contributed by atoms with Gasteiger partial charge in [-0.1, -0.05) is 0 Å². The molecule has 0 aromatic rings. The Morgan fingerprint density at radius 3 is 2.74 bits per heavy atom. The van der Waals surface area contributed by atoms with E-state index in [0.717, 1.165) is 0 Å². The standard InChI is InChI=1S/C12H20N2O5/c1-12(2,3)19-11(16)13-6-5-9-14-8(7-18-9)10(15)17-4/h8H,5-7H2,1-4H3,(H,13,16). The van der Waals surface area contributed by atoms with Gasteiger partial charge in [-0.25, -0.2) is 14.6 Å². The average Bonchev–Trinajstić information content (AvgIpc) is 2.74. The molecule has 0 spiro atoms. The van der Waals surface area contributed by atoms with E-state index in [2.05, 4.69) is 15.0 Å². The van der Waals surface area contributed by atoms with Crippen LogP contribution in [0.25, 0.3) is 0 Å². The Hall–Kier alpha value is -1.79. The minimum absolute atomic E-state index is 0.189. The van der Waals surface area contributed by atoms with Crippen LogP contribution in [0.1, 0.15) is 27.2 Å². The summed E-state index contributed by atoms with van der Waals surface area (Å²) in [7, 11) is 1.31. The first-order chi connectivity index (χ1) is 8.81. The van der Waals surface area contributed by atoms with E-state index in [1.807, 2.05) is 0 Å². The summed E-state index contributed by atoms with van der Waals surface area (Å²) < 4.78 is 14.9. The number of carbonyl (C=O) groups excluding carboxylic acids is 2. The Morgan fingerprint density at radius 1 is 1.47 bits per heavy atom. The molecule has 0 radical (unpaired) electrons. The van der Waals surface area contributed by atoms with Gasteiger partial charge in [0.15, 0.2) is 11.9 Å². The molecule has 0 saturated carbocycles. The lowest BCUT2D eigenvalue weighted by atomic mass is 10.2. The largest absolute Gasteiger partial charge is 0.478 e. The van der Waals surface area contributed by atoms with E-state index < -0.39 is 23.7 Å². The lowest BCUT2D eigenvalue weighted by Gasteiger charge is -2.19. The van der Waals surface area contributed by atoms with Crippen molar-refractivity contribution in [3.63, 3.8) is 0 Å². The molecule has 1 aliphatic heterocycles. The molecule has 1 amide bonds. The molecule has 0 fully saturated rings. The number of esters is 1. The summed E-state index contributed by atoms with van der Waals surface area (Å²) in [6.45, 7) is 5.89. The molecule has 0 aromatic carbocycles. The van der Waals surface area contributed by atoms with Gasteiger partial charge >= 0.3 is 12.1 Å². The van der Waals surface area contributed by atoms with E-state index in [9.17, 15) is 9.59 Å². The SMILES string of the molecule is COC(=O)C1COC(CCNC(=O)OC(C)(C)C)=N1. The van der Waals surface area contributed by atoms with Crippen molar-refractivity contribution in [2.75, 3.05) is 20.3 Å². The van der Waals surface area contributed by atoms with Gasteiger partial charge in [0.2, 0.25) is 0 Å². The van der Waals surface area contributed by atoms with Crippen molar-refractivity contribution < 1.29 is 23.8 Å². The fraction of sp³-hybridized carbons (Fsp3) is 0.750. The number of methoxy groups -OCH3 is 1. The van der Waals surface area contributed by atoms with Crippen LogP contribution in [-0.4, -0.2) is 49.9 Å². The zero-order valence-electron chi connectivity index (χ0n) is 11.7. The van der Waals surface area contributed by atoms with Crippen molar-refractivity contribution in [1.29, 1.82) is 0 Å². The summed E-state index contributed by atoms with van der Waals surface area (Å²) in [5, 5.41) is 2.59. The third-order valence-electron chi connectivity index (χ3n) is 2.19. The highest BCUT2D eigenvalue weighted by molar-refractivity contribution is 5.85. The lowest BCUT2D eigenvalue weighted by Crippen LogP contribution is -2.33. The molecule has 1 N–H and O–H groups in total. The first kappa shape index (κ1) is 15.3. The van der Waals surface area contributed by atoms with Gasteiger partial charge < -0.3 is 19.5 Å². The molecule has 1 heterocycles. The number of ether oxygens (including phenoxy) is 3. The number of aliphatic imine (C=N–C) groups is 1. The summed E-state index contributed by atoms with van der Waals surface area (Å²) in [5.41, 5.74) is -0.526. The fourth-order valence-corrected chi connectivity index (χ4v) is 1.40. The van der Waals surface area contributed by atoms with Gasteiger partial charge in [0, 0.05) is 13.0 Å².